The van der Waals surface area contributed by atoms with Gasteiger partial charge in [0.05, 0.1) is 38.6 Å². The van der Waals surface area contributed by atoms with E-state index in [-0.39, 0.29) is 18.9 Å². The molecular formula is C65H119NO18. The Hall–Kier alpha value is -1.99. The Balaban J connectivity index is 1.48. The molecular weight excluding hydrogens is 1080 g/mol. The van der Waals surface area contributed by atoms with Crippen molar-refractivity contribution in [1.29, 1.82) is 0 Å². The molecule has 0 aromatic carbocycles. The summed E-state index contributed by atoms with van der Waals surface area (Å²) in [6.07, 6.45) is 27.0. The van der Waals surface area contributed by atoms with Crippen LogP contribution in [0.2, 0.25) is 0 Å². The first kappa shape index (κ1) is 76.3. The number of nitrogens with one attached hydrogen (secondary N) is 1. The highest BCUT2D eigenvalue weighted by molar-refractivity contribution is 5.76. The zero-order chi connectivity index (χ0) is 61.2. The Bertz CT molecular complexity index is 1670. The first-order chi connectivity index (χ1) is 40.8. The van der Waals surface area contributed by atoms with Gasteiger partial charge in [-0.05, 0) is 44.9 Å². The van der Waals surface area contributed by atoms with Gasteiger partial charge in [0.25, 0.3) is 0 Å². The van der Waals surface area contributed by atoms with E-state index in [2.05, 4.69) is 43.5 Å². The van der Waals surface area contributed by atoms with Crippen LogP contribution in [0.25, 0.3) is 0 Å². The number of carbonyl (C=O) groups excluding carboxylic acids is 1. The Morgan fingerprint density at radius 1 is 0.417 bits per heavy atom. The maximum absolute atomic E-state index is 13.3. The van der Waals surface area contributed by atoms with Crippen LogP contribution in [-0.2, 0) is 33.2 Å². The van der Waals surface area contributed by atoms with Crippen molar-refractivity contribution >= 4 is 5.91 Å². The van der Waals surface area contributed by atoms with Crippen LogP contribution in [0.1, 0.15) is 239 Å². The Morgan fingerprint density at radius 2 is 0.762 bits per heavy atom. The van der Waals surface area contributed by atoms with E-state index in [9.17, 15) is 61.0 Å². The van der Waals surface area contributed by atoms with Crippen molar-refractivity contribution < 1.29 is 89.4 Å². The molecule has 1 amide bonds. The first-order valence-corrected chi connectivity index (χ1v) is 33.2. The molecule has 0 bridgehead atoms. The van der Waals surface area contributed by atoms with Gasteiger partial charge in [-0.3, -0.25) is 4.79 Å². The number of amides is 1. The molecule has 3 aliphatic heterocycles. The Morgan fingerprint density at radius 3 is 1.19 bits per heavy atom. The minimum atomic E-state index is -1.98. The van der Waals surface area contributed by atoms with Crippen LogP contribution in [0.15, 0.2) is 36.5 Å². The van der Waals surface area contributed by atoms with E-state index in [0.717, 1.165) is 44.9 Å². The standard InChI is InChI=1S/C65H119NO18/c1-3-5-7-9-11-13-15-17-19-20-21-22-23-24-25-26-27-29-30-32-34-36-38-40-42-49(70)48(66-53(71)43-41-39-37-35-33-31-28-18-16-14-12-10-8-6-4-2)47-79-63-59(77)56(74)61(51(45-68)81-63)84-65-60(78)57(75)62(52(46-69)82-65)83-64-58(76)55(73)54(72)50(44-67)80-64/h26-27,32,34,40,42,48-52,54-65,67-70,72-78H,3-25,28-31,33,35-39,41,43-47H2,1-2H3,(H,66,71)/b27-26+,34-32+,42-40+. The minimum Gasteiger partial charge on any atom is -0.394 e. The van der Waals surface area contributed by atoms with Crippen molar-refractivity contribution in [2.24, 2.45) is 0 Å². The normalized spacial score (nSPS) is 29.4. The third-order valence-corrected chi connectivity index (χ3v) is 16.7. The van der Waals surface area contributed by atoms with Crippen LogP contribution < -0.4 is 5.32 Å². The summed E-state index contributed by atoms with van der Waals surface area (Å²) < 4.78 is 34.3. The molecule has 0 spiro atoms. The fourth-order valence-electron chi connectivity index (χ4n) is 11.2. The van der Waals surface area contributed by atoms with Gasteiger partial charge in [-0.15, -0.1) is 0 Å². The van der Waals surface area contributed by atoms with Gasteiger partial charge in [-0.1, -0.05) is 224 Å². The quantitative estimate of drug-likeness (QED) is 0.0205. The van der Waals surface area contributed by atoms with E-state index in [4.69, 9.17) is 28.4 Å². The van der Waals surface area contributed by atoms with Gasteiger partial charge in [0.15, 0.2) is 18.9 Å². The summed E-state index contributed by atoms with van der Waals surface area (Å²) in [6.45, 7) is 1.72. The molecule has 0 aromatic heterocycles. The molecule has 17 unspecified atom stereocenters. The number of unbranched alkanes of at least 4 members (excludes halogenated alkanes) is 30. The van der Waals surface area contributed by atoms with Gasteiger partial charge < -0.3 is 89.9 Å². The Labute approximate surface area is 504 Å². The SMILES string of the molecule is CCCCCCCCCCCCCCCC/C=C/CC/C=C/CC/C=C/C(O)C(COC1OC(CO)C(OC2OC(CO)C(OC3OC(CO)C(O)C(O)C3O)C(O)C2O)C(O)C1O)NC(=O)CCCCCCCCCCCCCCCCC. The smallest absolute Gasteiger partial charge is 0.220 e. The van der Waals surface area contributed by atoms with Gasteiger partial charge in [0.1, 0.15) is 73.2 Å². The first-order valence-electron chi connectivity index (χ1n) is 33.2. The van der Waals surface area contributed by atoms with E-state index in [0.29, 0.717) is 12.8 Å². The predicted molar refractivity (Wildman–Crippen MR) is 323 cm³/mol. The average Bonchev–Trinajstić information content (AvgIpc) is 3.05. The van der Waals surface area contributed by atoms with Crippen LogP contribution >= 0.6 is 0 Å². The number of allylic oxidation sites excluding steroid dienone is 5. The molecule has 0 aliphatic carbocycles. The lowest BCUT2D eigenvalue weighted by Gasteiger charge is -2.48. The second-order valence-electron chi connectivity index (χ2n) is 23.9. The van der Waals surface area contributed by atoms with E-state index in [1.54, 1.807) is 6.08 Å². The summed E-state index contributed by atoms with van der Waals surface area (Å²) in [7, 11) is 0. The van der Waals surface area contributed by atoms with Crippen molar-refractivity contribution in [1.82, 2.24) is 5.32 Å². The summed E-state index contributed by atoms with van der Waals surface area (Å²) in [4.78, 5) is 13.3. The highest BCUT2D eigenvalue weighted by Crippen LogP contribution is 2.33. The highest BCUT2D eigenvalue weighted by atomic mass is 16.8. The van der Waals surface area contributed by atoms with Gasteiger partial charge in [-0.25, -0.2) is 0 Å². The molecule has 19 nitrogen and oxygen atoms in total. The van der Waals surface area contributed by atoms with Crippen molar-refractivity contribution in [3.05, 3.63) is 36.5 Å². The number of rotatable bonds is 50. The molecule has 17 atom stereocenters. The summed E-state index contributed by atoms with van der Waals surface area (Å²) in [5.41, 5.74) is 0. The number of ether oxygens (including phenoxy) is 6. The average molecular weight is 1200 g/mol. The van der Waals surface area contributed by atoms with Gasteiger partial charge in [0, 0.05) is 6.42 Å². The van der Waals surface area contributed by atoms with Crippen LogP contribution in [0.5, 0.6) is 0 Å². The second-order valence-corrected chi connectivity index (χ2v) is 23.9. The number of aliphatic hydroxyl groups is 11. The lowest BCUT2D eigenvalue weighted by atomic mass is 9.96. The lowest BCUT2D eigenvalue weighted by Crippen LogP contribution is -2.66. The number of carbonyl (C=O) groups is 1. The van der Waals surface area contributed by atoms with Gasteiger partial charge >= 0.3 is 0 Å². The maximum atomic E-state index is 13.3. The maximum Gasteiger partial charge on any atom is 0.220 e. The van der Waals surface area contributed by atoms with Crippen LogP contribution in [0, 0.1) is 0 Å². The van der Waals surface area contributed by atoms with Crippen molar-refractivity contribution in [3.8, 4) is 0 Å². The summed E-state index contributed by atoms with van der Waals surface area (Å²) in [5, 5.41) is 120. The fraction of sp³-hybridized carbons (Fsp3) is 0.892. The van der Waals surface area contributed by atoms with E-state index in [1.165, 1.54) is 161 Å². The summed E-state index contributed by atoms with van der Waals surface area (Å²) in [6, 6.07) is -0.993. The van der Waals surface area contributed by atoms with Crippen LogP contribution in [0.4, 0.5) is 0 Å². The molecule has 0 radical (unpaired) electrons. The fourth-order valence-corrected chi connectivity index (χ4v) is 11.2. The number of hydrogen-bond acceptors (Lipinski definition) is 18. The topological polar surface area (TPSA) is 307 Å². The molecule has 3 fully saturated rings. The largest absolute Gasteiger partial charge is 0.394 e. The third-order valence-electron chi connectivity index (χ3n) is 16.7. The number of aliphatic hydroxyl groups excluding tert-OH is 11. The van der Waals surface area contributed by atoms with Gasteiger partial charge in [0.2, 0.25) is 5.91 Å². The zero-order valence-electron chi connectivity index (χ0n) is 51.6. The molecule has 84 heavy (non-hydrogen) atoms. The molecule has 3 rings (SSSR count). The lowest BCUT2D eigenvalue weighted by molar-refractivity contribution is -0.379. The van der Waals surface area contributed by atoms with Crippen LogP contribution in [-0.4, -0.2) is 193 Å². The molecule has 492 valence electrons. The van der Waals surface area contributed by atoms with Crippen LogP contribution in [0.3, 0.4) is 0 Å². The Kier molecular flexibility index (Phi) is 43.5. The monoisotopic (exact) mass is 1200 g/mol. The second kappa shape index (κ2) is 47.9. The molecule has 3 aliphatic rings. The third kappa shape index (κ3) is 30.5. The molecule has 0 aromatic rings. The van der Waals surface area contributed by atoms with E-state index >= 15 is 0 Å². The number of hydrogen-bond donors (Lipinski definition) is 12. The van der Waals surface area contributed by atoms with E-state index in [1.807, 2.05) is 6.08 Å². The zero-order valence-corrected chi connectivity index (χ0v) is 51.6. The predicted octanol–water partition coefficient (Wildman–Crippen LogP) is 7.66. The summed E-state index contributed by atoms with van der Waals surface area (Å²) in [5.74, 6) is -0.288. The molecule has 3 heterocycles. The molecule has 0 saturated carbocycles. The highest BCUT2D eigenvalue weighted by Gasteiger charge is 2.53. The minimum absolute atomic E-state index is 0.235. The van der Waals surface area contributed by atoms with Crippen molar-refractivity contribution in [2.45, 2.75) is 343 Å². The van der Waals surface area contributed by atoms with Gasteiger partial charge in [-0.2, -0.15) is 0 Å². The molecule has 3 saturated heterocycles. The van der Waals surface area contributed by atoms with E-state index < -0.39 is 124 Å². The molecule has 12 N–H and O–H groups in total. The van der Waals surface area contributed by atoms with Crippen molar-refractivity contribution in [3.63, 3.8) is 0 Å². The van der Waals surface area contributed by atoms with Crippen molar-refractivity contribution in [2.75, 3.05) is 26.4 Å². The molecule has 19 heteroatoms. The summed E-state index contributed by atoms with van der Waals surface area (Å²) >= 11 is 0.